The summed E-state index contributed by atoms with van der Waals surface area (Å²) in [4.78, 5) is 22.6. The van der Waals surface area contributed by atoms with Gasteiger partial charge in [-0.15, -0.1) is 0 Å². The first kappa shape index (κ1) is 26.0. The maximum absolute atomic E-state index is 12.5. The van der Waals surface area contributed by atoms with E-state index in [-0.39, 0.29) is 13.2 Å². The third kappa shape index (κ3) is 6.19. The third-order valence-electron chi connectivity index (χ3n) is 6.29. The van der Waals surface area contributed by atoms with E-state index in [0.29, 0.717) is 41.1 Å². The van der Waals surface area contributed by atoms with Crippen molar-refractivity contribution in [3.05, 3.63) is 23.8 Å². The van der Waals surface area contributed by atoms with E-state index in [2.05, 4.69) is 37.2 Å². The highest BCUT2D eigenvalue weighted by Gasteiger charge is 2.28. The average Bonchev–Trinajstić information content (AvgIpc) is 3.19. The lowest BCUT2D eigenvalue weighted by molar-refractivity contribution is -0.174. The number of aromatic nitrogens is 6. The number of ether oxygens (including phenoxy) is 1. The molecule has 3 aromatic rings. The van der Waals surface area contributed by atoms with Crippen LogP contribution in [0.25, 0.3) is 11.0 Å². The van der Waals surface area contributed by atoms with Crippen LogP contribution in [0.15, 0.2) is 12.4 Å². The fourth-order valence-electron chi connectivity index (χ4n) is 4.31. The van der Waals surface area contributed by atoms with Gasteiger partial charge in [0.1, 0.15) is 29.8 Å². The standard InChI is InChI=1S/C23H32F3N9O/c1-5-17-19-20(35(32-17)10-11-36-13-23(24,25)26)21(29-18-12-15(2)27-14-28-18)31-22(30-19)34(4)16-6-8-33(3)9-7-16/h12,14,16H,5-11,13H2,1-4H3,(H,27,28,29,30,31). The van der Waals surface area contributed by atoms with Crippen molar-refractivity contribution in [3.63, 3.8) is 0 Å². The highest BCUT2D eigenvalue weighted by atomic mass is 19.4. The van der Waals surface area contributed by atoms with Crippen LogP contribution in [0.4, 0.5) is 30.8 Å². The van der Waals surface area contributed by atoms with E-state index in [9.17, 15) is 13.2 Å². The molecule has 0 spiro atoms. The minimum absolute atomic E-state index is 0.123. The van der Waals surface area contributed by atoms with E-state index in [1.54, 1.807) is 10.7 Å². The Bertz CT molecular complexity index is 1180. The van der Waals surface area contributed by atoms with Gasteiger partial charge in [-0.1, -0.05) is 6.92 Å². The number of rotatable bonds is 9. The lowest BCUT2D eigenvalue weighted by Gasteiger charge is -2.35. The lowest BCUT2D eigenvalue weighted by Crippen LogP contribution is -2.42. The lowest BCUT2D eigenvalue weighted by atomic mass is 10.0. The number of fused-ring (bicyclic) bond motifs is 1. The van der Waals surface area contributed by atoms with Gasteiger partial charge in [-0.25, -0.2) is 15.0 Å². The van der Waals surface area contributed by atoms with Crippen molar-refractivity contribution in [2.75, 3.05) is 50.6 Å². The van der Waals surface area contributed by atoms with Crippen LogP contribution in [-0.2, 0) is 17.7 Å². The summed E-state index contributed by atoms with van der Waals surface area (Å²) >= 11 is 0. The summed E-state index contributed by atoms with van der Waals surface area (Å²) < 4.78 is 44.0. The molecule has 0 radical (unpaired) electrons. The first-order chi connectivity index (χ1) is 17.1. The SMILES string of the molecule is CCc1nn(CCOCC(F)(F)F)c2c(Nc3cc(C)ncn3)nc(N(C)C3CCN(C)CC3)nc12. The van der Waals surface area contributed by atoms with E-state index >= 15 is 0 Å². The van der Waals surface area contributed by atoms with Crippen LogP contribution in [0.5, 0.6) is 0 Å². The topological polar surface area (TPSA) is 97.1 Å². The third-order valence-corrected chi connectivity index (χ3v) is 6.29. The molecule has 1 fully saturated rings. The van der Waals surface area contributed by atoms with Gasteiger partial charge < -0.3 is 19.9 Å². The predicted octanol–water partition coefficient (Wildman–Crippen LogP) is 3.34. The molecule has 0 aliphatic carbocycles. The van der Waals surface area contributed by atoms with Gasteiger partial charge in [-0.3, -0.25) is 4.68 Å². The van der Waals surface area contributed by atoms with E-state index in [0.717, 1.165) is 37.3 Å². The molecule has 1 aliphatic rings. The van der Waals surface area contributed by atoms with Crippen molar-refractivity contribution in [2.45, 2.75) is 51.9 Å². The normalized spacial score (nSPS) is 15.5. The molecule has 4 rings (SSSR count). The number of aryl methyl sites for hydroxylation is 2. The van der Waals surface area contributed by atoms with Gasteiger partial charge in [-0.2, -0.15) is 23.3 Å². The van der Waals surface area contributed by atoms with Crippen molar-refractivity contribution in [1.82, 2.24) is 34.6 Å². The molecule has 4 heterocycles. The second kappa shape index (κ2) is 10.9. The summed E-state index contributed by atoms with van der Waals surface area (Å²) in [7, 11) is 4.11. The summed E-state index contributed by atoms with van der Waals surface area (Å²) in [5.74, 6) is 1.60. The van der Waals surface area contributed by atoms with Crippen molar-refractivity contribution in [2.24, 2.45) is 0 Å². The zero-order valence-electron chi connectivity index (χ0n) is 21.0. The molecule has 36 heavy (non-hydrogen) atoms. The maximum Gasteiger partial charge on any atom is 0.411 e. The largest absolute Gasteiger partial charge is 0.411 e. The molecule has 3 aromatic heterocycles. The van der Waals surface area contributed by atoms with Crippen LogP contribution in [0.1, 0.15) is 31.2 Å². The van der Waals surface area contributed by atoms with Gasteiger partial charge in [-0.05, 0) is 46.3 Å². The molecular formula is C23H32F3N9O. The summed E-state index contributed by atoms with van der Waals surface area (Å²) in [6, 6.07) is 2.09. The number of anilines is 3. The summed E-state index contributed by atoms with van der Waals surface area (Å²) in [5.41, 5.74) is 2.78. The maximum atomic E-state index is 12.5. The zero-order valence-corrected chi connectivity index (χ0v) is 21.0. The highest BCUT2D eigenvalue weighted by Crippen LogP contribution is 2.30. The molecule has 196 valence electrons. The number of nitrogens with zero attached hydrogens (tertiary/aromatic N) is 8. The van der Waals surface area contributed by atoms with Gasteiger partial charge in [0.15, 0.2) is 5.82 Å². The number of hydrogen-bond donors (Lipinski definition) is 1. The van der Waals surface area contributed by atoms with Crippen molar-refractivity contribution < 1.29 is 17.9 Å². The Kier molecular flexibility index (Phi) is 7.88. The molecule has 0 aromatic carbocycles. The molecule has 10 nitrogen and oxygen atoms in total. The van der Waals surface area contributed by atoms with Gasteiger partial charge in [0, 0.05) is 24.8 Å². The summed E-state index contributed by atoms with van der Waals surface area (Å²) in [6.45, 7) is 4.49. The summed E-state index contributed by atoms with van der Waals surface area (Å²) in [5, 5.41) is 7.91. The Balaban J connectivity index is 1.72. The van der Waals surface area contributed by atoms with Gasteiger partial charge in [0.05, 0.1) is 18.8 Å². The minimum atomic E-state index is -4.38. The Hall–Kier alpha value is -3.06. The number of nitrogens with one attached hydrogen (secondary N) is 1. The quantitative estimate of drug-likeness (QED) is 0.438. The number of piperidine rings is 1. The smallest absolute Gasteiger partial charge is 0.370 e. The highest BCUT2D eigenvalue weighted by molar-refractivity contribution is 5.90. The van der Waals surface area contributed by atoms with Crippen molar-refractivity contribution >= 4 is 28.6 Å². The molecular weight excluding hydrogens is 475 g/mol. The molecule has 1 N–H and O–H groups in total. The predicted molar refractivity (Wildman–Crippen MR) is 131 cm³/mol. The Labute approximate surface area is 207 Å². The molecule has 0 unspecified atom stereocenters. The molecule has 0 amide bonds. The van der Waals surface area contributed by atoms with E-state index in [1.807, 2.05) is 20.9 Å². The molecule has 1 saturated heterocycles. The molecule has 0 saturated carbocycles. The van der Waals surface area contributed by atoms with Crippen LogP contribution in [0.2, 0.25) is 0 Å². The summed E-state index contributed by atoms with van der Waals surface area (Å²) in [6.07, 6.45) is -0.318. The van der Waals surface area contributed by atoms with Crippen molar-refractivity contribution in [1.29, 1.82) is 0 Å². The van der Waals surface area contributed by atoms with Crippen molar-refractivity contribution in [3.8, 4) is 0 Å². The Morgan fingerprint density at radius 2 is 1.94 bits per heavy atom. The fourth-order valence-corrected chi connectivity index (χ4v) is 4.31. The van der Waals surface area contributed by atoms with Crippen LogP contribution < -0.4 is 10.2 Å². The van der Waals surface area contributed by atoms with E-state index in [1.165, 1.54) is 6.33 Å². The molecule has 0 atom stereocenters. The Morgan fingerprint density at radius 3 is 2.61 bits per heavy atom. The van der Waals surface area contributed by atoms with E-state index in [4.69, 9.17) is 14.7 Å². The van der Waals surface area contributed by atoms with Crippen LogP contribution in [-0.4, -0.2) is 87.2 Å². The second-order valence-electron chi connectivity index (χ2n) is 9.08. The first-order valence-electron chi connectivity index (χ1n) is 12.0. The molecule has 13 heteroatoms. The number of likely N-dealkylation sites (tertiary alicyclic amines) is 1. The minimum Gasteiger partial charge on any atom is -0.370 e. The fraction of sp³-hybridized carbons (Fsp3) is 0.609. The zero-order chi connectivity index (χ0) is 25.9. The number of hydrogen-bond acceptors (Lipinski definition) is 9. The first-order valence-corrected chi connectivity index (χ1v) is 12.0. The number of halogens is 3. The van der Waals surface area contributed by atoms with Crippen LogP contribution in [0.3, 0.4) is 0 Å². The van der Waals surface area contributed by atoms with E-state index < -0.39 is 12.8 Å². The van der Waals surface area contributed by atoms with Crippen LogP contribution in [0, 0.1) is 6.92 Å². The molecule has 1 aliphatic heterocycles. The second-order valence-corrected chi connectivity index (χ2v) is 9.08. The number of alkyl halides is 3. The average molecular weight is 508 g/mol. The van der Waals surface area contributed by atoms with Gasteiger partial charge in [0.25, 0.3) is 0 Å². The molecule has 0 bridgehead atoms. The van der Waals surface area contributed by atoms with Gasteiger partial charge in [0.2, 0.25) is 5.95 Å². The Morgan fingerprint density at radius 1 is 1.19 bits per heavy atom. The van der Waals surface area contributed by atoms with Gasteiger partial charge >= 0.3 is 6.18 Å². The monoisotopic (exact) mass is 507 g/mol. The van der Waals surface area contributed by atoms with Crippen LogP contribution >= 0.6 is 0 Å².